The summed E-state index contributed by atoms with van der Waals surface area (Å²) in [7, 11) is 0. The second-order valence-electron chi connectivity index (χ2n) is 19.4. The Morgan fingerprint density at radius 2 is 1.33 bits per heavy atom. The number of ether oxygens (including phenoxy) is 4. The molecule has 4 unspecified atom stereocenters. The van der Waals surface area contributed by atoms with Crippen LogP contribution in [-0.4, -0.2) is 128 Å². The average molecular weight is 767 g/mol. The first-order valence-electron chi connectivity index (χ1n) is 20.5. The largest absolute Gasteiger partial charge is 0.394 e. The molecule has 310 valence electrons. The van der Waals surface area contributed by atoms with Gasteiger partial charge in [0.05, 0.1) is 25.4 Å². The van der Waals surface area contributed by atoms with Crippen LogP contribution in [0, 0.1) is 45.3 Å². The predicted molar refractivity (Wildman–Crippen MR) is 199 cm³/mol. The Labute approximate surface area is 321 Å². The Hall–Kier alpha value is -1.00. The maximum atomic E-state index is 12.1. The fraction of sp³-hybridized carbons (Fsp3) is 0.905. The normalized spacial score (nSPS) is 51.5. The van der Waals surface area contributed by atoms with Crippen molar-refractivity contribution in [1.29, 1.82) is 0 Å². The fourth-order valence-electron chi connectivity index (χ4n) is 13.0. The summed E-state index contributed by atoms with van der Waals surface area (Å²) in [5.74, 6) is 1.03. The molecule has 0 amide bonds. The van der Waals surface area contributed by atoms with Gasteiger partial charge in [0.1, 0.15) is 48.8 Å². The lowest BCUT2D eigenvalue weighted by Gasteiger charge is -2.70. The van der Waals surface area contributed by atoms with E-state index in [-0.39, 0.29) is 34.2 Å². The van der Waals surface area contributed by atoms with Crippen molar-refractivity contribution < 1.29 is 59.8 Å². The third-order valence-corrected chi connectivity index (χ3v) is 16.1. The molecule has 0 aromatic heterocycles. The molecule has 8 N–H and O–H groups in total. The summed E-state index contributed by atoms with van der Waals surface area (Å²) in [5.41, 5.74) is 2.12. The topological polar surface area (TPSA) is 199 Å². The maximum absolute atomic E-state index is 12.1. The Kier molecular flexibility index (Phi) is 12.3. The molecule has 0 radical (unpaired) electrons. The Balaban J connectivity index is 1.22. The molecule has 6 aliphatic rings. The van der Waals surface area contributed by atoms with Crippen LogP contribution in [0.3, 0.4) is 0 Å². The number of aliphatic hydroxyl groups is 8. The molecular weight excluding hydrogens is 696 g/mol. The van der Waals surface area contributed by atoms with Crippen molar-refractivity contribution in [3.05, 3.63) is 23.8 Å². The lowest BCUT2D eigenvalue weighted by Crippen LogP contribution is -2.67. The van der Waals surface area contributed by atoms with Gasteiger partial charge in [0.25, 0.3) is 0 Å². The lowest BCUT2D eigenvalue weighted by molar-refractivity contribution is -0.378. The second kappa shape index (κ2) is 15.6. The zero-order chi connectivity index (χ0) is 39.7. The lowest BCUT2D eigenvalue weighted by atomic mass is 9.35. The molecule has 2 heterocycles. The van der Waals surface area contributed by atoms with Crippen LogP contribution < -0.4 is 0 Å². The van der Waals surface area contributed by atoms with Gasteiger partial charge >= 0.3 is 0 Å². The van der Waals surface area contributed by atoms with E-state index in [1.54, 1.807) is 0 Å². The van der Waals surface area contributed by atoms with Gasteiger partial charge in [-0.05, 0) is 117 Å². The van der Waals surface area contributed by atoms with E-state index in [1.165, 1.54) is 11.1 Å². The Morgan fingerprint density at radius 3 is 1.96 bits per heavy atom. The van der Waals surface area contributed by atoms with Crippen molar-refractivity contribution in [2.45, 2.75) is 180 Å². The van der Waals surface area contributed by atoms with Gasteiger partial charge in [-0.3, -0.25) is 0 Å². The molecule has 0 aromatic rings. The van der Waals surface area contributed by atoms with Gasteiger partial charge in [-0.2, -0.15) is 0 Å². The highest BCUT2D eigenvalue weighted by atomic mass is 16.8. The van der Waals surface area contributed by atoms with Gasteiger partial charge in [-0.15, -0.1) is 0 Å². The highest BCUT2D eigenvalue weighted by Gasteiger charge is 2.70. The third-order valence-electron chi connectivity index (χ3n) is 16.1. The van der Waals surface area contributed by atoms with Gasteiger partial charge in [0, 0.05) is 0 Å². The van der Waals surface area contributed by atoms with Crippen molar-refractivity contribution >= 4 is 0 Å². The summed E-state index contributed by atoms with van der Waals surface area (Å²) in [4.78, 5) is 0. The monoisotopic (exact) mass is 766 g/mol. The molecule has 0 bridgehead atoms. The van der Waals surface area contributed by atoms with E-state index in [2.05, 4.69) is 61.1 Å². The number of allylic oxidation sites excluding steroid dienone is 3. The first-order chi connectivity index (χ1) is 25.3. The molecule has 6 fully saturated rings. The van der Waals surface area contributed by atoms with Crippen molar-refractivity contribution in [2.24, 2.45) is 45.3 Å². The summed E-state index contributed by atoms with van der Waals surface area (Å²) < 4.78 is 24.4. The van der Waals surface area contributed by atoms with E-state index in [9.17, 15) is 40.9 Å². The summed E-state index contributed by atoms with van der Waals surface area (Å²) in [5, 5.41) is 85.4. The van der Waals surface area contributed by atoms with Gasteiger partial charge < -0.3 is 59.8 Å². The van der Waals surface area contributed by atoms with Crippen LogP contribution in [0.25, 0.3) is 0 Å². The summed E-state index contributed by atoms with van der Waals surface area (Å²) in [6.07, 6.45) is -5.12. The molecule has 0 aromatic carbocycles. The van der Waals surface area contributed by atoms with Crippen LogP contribution in [0.1, 0.15) is 106 Å². The zero-order valence-corrected chi connectivity index (χ0v) is 33.5. The van der Waals surface area contributed by atoms with E-state index in [4.69, 9.17) is 18.9 Å². The third kappa shape index (κ3) is 6.89. The van der Waals surface area contributed by atoms with Gasteiger partial charge in [0.15, 0.2) is 12.6 Å². The van der Waals surface area contributed by atoms with E-state index >= 15 is 0 Å². The minimum Gasteiger partial charge on any atom is -0.394 e. The van der Waals surface area contributed by atoms with Crippen LogP contribution in [0.4, 0.5) is 0 Å². The minimum absolute atomic E-state index is 0.0217. The number of fused-ring (bicyclic) bond motifs is 5. The van der Waals surface area contributed by atoms with Gasteiger partial charge in [-0.1, -0.05) is 58.4 Å². The molecule has 0 spiro atoms. The van der Waals surface area contributed by atoms with Gasteiger partial charge in [-0.25, -0.2) is 0 Å². The second-order valence-corrected chi connectivity index (χ2v) is 19.4. The fourth-order valence-corrected chi connectivity index (χ4v) is 13.0. The van der Waals surface area contributed by atoms with Crippen LogP contribution in [-0.2, 0) is 18.9 Å². The molecule has 4 aliphatic carbocycles. The Bertz CT molecular complexity index is 1370. The number of aliphatic hydroxyl groups excluding tert-OH is 8. The molecule has 19 atom stereocenters. The van der Waals surface area contributed by atoms with Crippen LogP contribution in [0.5, 0.6) is 0 Å². The standard InChI is InChI=1S/C42H70O12/c1-21(2)10-9-11-22(3)23-12-16-42(8)30(23)24(45)18-28-40(6)15-14-29(39(4,5)27(40)13-17-41(28,42)7)53-38-36(34(49)32(47)26(20-44)52-38)54-37-35(50)33(48)31(46)25(19-43)51-37/h10,23-38,43-50H,3,9,11-20H2,1-2,4-8H3/t23-,24?,25-,26-,27+,28?,29?,30?,31-,32-,33+,34+,35-,36-,37+,38+,40+,41-,42-/m1/s1. The first kappa shape index (κ1) is 42.6. The van der Waals surface area contributed by atoms with Crippen LogP contribution in [0.2, 0.25) is 0 Å². The highest BCUT2D eigenvalue weighted by Crippen LogP contribution is 2.75. The van der Waals surface area contributed by atoms with Crippen molar-refractivity contribution in [1.82, 2.24) is 0 Å². The van der Waals surface area contributed by atoms with Crippen LogP contribution in [0.15, 0.2) is 23.8 Å². The van der Waals surface area contributed by atoms with E-state index in [0.717, 1.165) is 51.4 Å². The molecular formula is C42H70O12. The highest BCUT2D eigenvalue weighted by molar-refractivity contribution is 5.22. The Morgan fingerprint density at radius 1 is 0.722 bits per heavy atom. The minimum atomic E-state index is -1.74. The molecule has 2 aliphatic heterocycles. The number of rotatable bonds is 10. The van der Waals surface area contributed by atoms with E-state index in [1.807, 2.05) is 0 Å². The summed E-state index contributed by atoms with van der Waals surface area (Å²) >= 11 is 0. The summed E-state index contributed by atoms with van der Waals surface area (Å²) in [6, 6.07) is 0. The molecule has 2 saturated heterocycles. The molecule has 12 heteroatoms. The number of hydrogen-bond donors (Lipinski definition) is 8. The van der Waals surface area contributed by atoms with Crippen molar-refractivity contribution in [3.63, 3.8) is 0 Å². The summed E-state index contributed by atoms with van der Waals surface area (Å²) in [6.45, 7) is 19.4. The average Bonchev–Trinajstić information content (AvgIpc) is 3.49. The smallest absolute Gasteiger partial charge is 0.187 e. The zero-order valence-electron chi connectivity index (χ0n) is 33.5. The van der Waals surface area contributed by atoms with E-state index in [0.29, 0.717) is 18.3 Å². The molecule has 12 nitrogen and oxygen atoms in total. The predicted octanol–water partition coefficient (Wildman–Crippen LogP) is 2.95. The number of hydrogen-bond acceptors (Lipinski definition) is 12. The van der Waals surface area contributed by atoms with Crippen LogP contribution >= 0.6 is 0 Å². The first-order valence-corrected chi connectivity index (χ1v) is 20.5. The molecule has 54 heavy (non-hydrogen) atoms. The quantitative estimate of drug-likeness (QED) is 0.120. The van der Waals surface area contributed by atoms with E-state index < -0.39 is 86.1 Å². The van der Waals surface area contributed by atoms with Crippen molar-refractivity contribution in [3.8, 4) is 0 Å². The molecule has 4 saturated carbocycles. The molecule has 6 rings (SSSR count). The maximum Gasteiger partial charge on any atom is 0.187 e. The SMILES string of the molecule is C=C(CCC=C(C)C)[C@H]1CC[C@]2(C)C1C(O)CC1[C@@]3(C)CCC(O[C@@H]4O[C@H](CO)[C@@H](O)[C@H](O)[C@H]4O[C@@H]4O[C@H](CO)[C@@H](O)[C@H](O)[C@H]4O)C(C)(C)[C@@H]3CC[C@]12C. The van der Waals surface area contributed by atoms with Gasteiger partial charge in [0.2, 0.25) is 0 Å². The van der Waals surface area contributed by atoms with Crippen molar-refractivity contribution in [2.75, 3.05) is 13.2 Å².